The molecule has 35 heavy (non-hydrogen) atoms. The molecular formula is C28H37Cl2NO4. The minimum atomic E-state index is 0.0754. The zero-order valence-corrected chi connectivity index (χ0v) is 22.8. The van der Waals surface area contributed by atoms with Crippen molar-refractivity contribution in [2.45, 2.75) is 53.4 Å². The van der Waals surface area contributed by atoms with E-state index in [1.54, 1.807) is 6.08 Å². The van der Waals surface area contributed by atoms with Crippen LogP contribution in [0.4, 0.5) is 0 Å². The summed E-state index contributed by atoms with van der Waals surface area (Å²) in [5.41, 5.74) is 2.79. The van der Waals surface area contributed by atoms with Crippen molar-refractivity contribution in [3.63, 3.8) is 0 Å². The second kappa shape index (κ2) is 15.6. The van der Waals surface area contributed by atoms with Crippen LogP contribution in [0.5, 0.6) is 17.2 Å². The van der Waals surface area contributed by atoms with Crippen LogP contribution in [-0.4, -0.2) is 43.7 Å². The molecule has 2 aromatic rings. The van der Waals surface area contributed by atoms with E-state index in [-0.39, 0.29) is 10.4 Å². The van der Waals surface area contributed by atoms with Crippen molar-refractivity contribution >= 4 is 29.1 Å². The highest BCUT2D eigenvalue weighted by Gasteiger charge is 2.14. The van der Waals surface area contributed by atoms with Gasteiger partial charge < -0.3 is 19.1 Å². The van der Waals surface area contributed by atoms with E-state index in [0.29, 0.717) is 25.4 Å². The van der Waals surface area contributed by atoms with Crippen molar-refractivity contribution in [2.75, 3.05) is 32.9 Å². The standard InChI is InChI=1S/C28H37Cl2NO4/c1-5-14-31(15-6-2)28(32)23-9-11-24(12-10-23)33-16-8-17-35-27-21(4)19-25(20-22(27)7-3)34-18-13-26(29)30/h9-13,19-20H,5-8,14-18H2,1-4H3. The molecule has 0 unspecified atom stereocenters. The number of hydrogen-bond acceptors (Lipinski definition) is 4. The molecule has 0 atom stereocenters. The molecule has 7 heteroatoms. The fourth-order valence-electron chi connectivity index (χ4n) is 3.72. The van der Waals surface area contributed by atoms with E-state index in [1.807, 2.05) is 48.2 Å². The number of aryl methyl sites for hydroxylation is 2. The first-order chi connectivity index (χ1) is 16.9. The monoisotopic (exact) mass is 521 g/mol. The average molecular weight is 523 g/mol. The number of hydrogen-bond donors (Lipinski definition) is 0. The second-order valence-corrected chi connectivity index (χ2v) is 9.26. The molecular weight excluding hydrogens is 485 g/mol. The molecule has 0 aliphatic carbocycles. The number of ether oxygens (including phenoxy) is 3. The third-order valence-corrected chi connectivity index (χ3v) is 5.68. The van der Waals surface area contributed by atoms with Crippen molar-refractivity contribution in [1.82, 2.24) is 4.90 Å². The van der Waals surface area contributed by atoms with Gasteiger partial charge in [0.15, 0.2) is 0 Å². The molecule has 0 aromatic heterocycles. The van der Waals surface area contributed by atoms with Crippen LogP contribution >= 0.6 is 23.2 Å². The van der Waals surface area contributed by atoms with Gasteiger partial charge in [0.2, 0.25) is 0 Å². The fourth-order valence-corrected chi connectivity index (χ4v) is 3.84. The quantitative estimate of drug-likeness (QED) is 0.229. The van der Waals surface area contributed by atoms with Crippen LogP contribution in [-0.2, 0) is 6.42 Å². The summed E-state index contributed by atoms with van der Waals surface area (Å²) in [6.45, 7) is 11.2. The predicted octanol–water partition coefficient (Wildman–Crippen LogP) is 7.37. The molecule has 0 spiro atoms. The molecule has 0 radical (unpaired) electrons. The number of amides is 1. The Morgan fingerprint density at radius 2 is 1.57 bits per heavy atom. The van der Waals surface area contributed by atoms with Crippen LogP contribution in [0.1, 0.15) is 61.5 Å². The molecule has 2 rings (SSSR count). The van der Waals surface area contributed by atoms with Crippen LogP contribution in [0.3, 0.4) is 0 Å². The highest BCUT2D eigenvalue weighted by Crippen LogP contribution is 2.30. The van der Waals surface area contributed by atoms with Gasteiger partial charge in [0.05, 0.1) is 13.2 Å². The number of carbonyl (C=O) groups is 1. The van der Waals surface area contributed by atoms with Crippen molar-refractivity contribution < 1.29 is 19.0 Å². The van der Waals surface area contributed by atoms with E-state index in [4.69, 9.17) is 37.4 Å². The zero-order chi connectivity index (χ0) is 25.6. The average Bonchev–Trinajstić information content (AvgIpc) is 2.84. The van der Waals surface area contributed by atoms with Crippen LogP contribution in [0.15, 0.2) is 47.0 Å². The van der Waals surface area contributed by atoms with Crippen LogP contribution in [0.25, 0.3) is 0 Å². The van der Waals surface area contributed by atoms with Crippen LogP contribution in [0.2, 0.25) is 0 Å². The second-order valence-electron chi connectivity index (χ2n) is 8.25. The Morgan fingerprint density at radius 1 is 0.914 bits per heavy atom. The van der Waals surface area contributed by atoms with Gasteiger partial charge >= 0.3 is 0 Å². The van der Waals surface area contributed by atoms with Crippen molar-refractivity contribution in [2.24, 2.45) is 0 Å². The smallest absolute Gasteiger partial charge is 0.253 e. The van der Waals surface area contributed by atoms with Gasteiger partial charge in [-0.25, -0.2) is 0 Å². The molecule has 0 saturated heterocycles. The zero-order valence-electron chi connectivity index (χ0n) is 21.2. The summed E-state index contributed by atoms with van der Waals surface area (Å²) in [4.78, 5) is 14.6. The lowest BCUT2D eigenvalue weighted by Crippen LogP contribution is -2.32. The summed E-state index contributed by atoms with van der Waals surface area (Å²) in [5.74, 6) is 2.47. The summed E-state index contributed by atoms with van der Waals surface area (Å²) >= 11 is 11.3. The van der Waals surface area contributed by atoms with Crippen LogP contribution < -0.4 is 14.2 Å². The molecule has 0 saturated carbocycles. The molecule has 0 fully saturated rings. The first kappa shape index (κ1) is 28.9. The van der Waals surface area contributed by atoms with Crippen LogP contribution in [0, 0.1) is 6.92 Å². The summed E-state index contributed by atoms with van der Waals surface area (Å²) in [5, 5.41) is 0. The minimum absolute atomic E-state index is 0.0754. The highest BCUT2D eigenvalue weighted by molar-refractivity contribution is 6.55. The number of benzene rings is 2. The first-order valence-electron chi connectivity index (χ1n) is 12.3. The normalized spacial score (nSPS) is 10.6. The number of carbonyl (C=O) groups excluding carboxylic acids is 1. The molecule has 0 aliphatic heterocycles. The molecule has 2 aromatic carbocycles. The Hall–Kier alpha value is -2.37. The van der Waals surface area contributed by atoms with E-state index in [2.05, 4.69) is 20.8 Å². The number of halogens is 2. The summed E-state index contributed by atoms with van der Waals surface area (Å²) < 4.78 is 17.8. The summed E-state index contributed by atoms with van der Waals surface area (Å²) in [6.07, 6.45) is 5.07. The highest BCUT2D eigenvalue weighted by atomic mass is 35.5. The maximum Gasteiger partial charge on any atom is 0.253 e. The van der Waals surface area contributed by atoms with Gasteiger partial charge in [-0.2, -0.15) is 0 Å². The minimum Gasteiger partial charge on any atom is -0.493 e. The molecule has 5 nitrogen and oxygen atoms in total. The lowest BCUT2D eigenvalue weighted by molar-refractivity contribution is 0.0755. The Kier molecular flexibility index (Phi) is 12.9. The molecule has 0 heterocycles. The third-order valence-electron chi connectivity index (χ3n) is 5.37. The lowest BCUT2D eigenvalue weighted by atomic mass is 10.1. The SMILES string of the molecule is CCCN(CCC)C(=O)c1ccc(OCCCOc2c(C)cc(OCC=C(Cl)Cl)cc2CC)cc1. The van der Waals surface area contributed by atoms with E-state index < -0.39 is 0 Å². The molecule has 0 bridgehead atoms. The third kappa shape index (κ3) is 9.65. The maximum atomic E-state index is 12.7. The number of nitrogens with zero attached hydrogens (tertiary/aromatic N) is 1. The van der Waals surface area contributed by atoms with E-state index >= 15 is 0 Å². The van der Waals surface area contributed by atoms with Crippen molar-refractivity contribution in [1.29, 1.82) is 0 Å². The van der Waals surface area contributed by atoms with E-state index in [1.165, 1.54) is 0 Å². The van der Waals surface area contributed by atoms with Gasteiger partial charge in [-0.05, 0) is 79.8 Å². The largest absolute Gasteiger partial charge is 0.493 e. The molecule has 0 N–H and O–H groups in total. The van der Waals surface area contributed by atoms with Crippen molar-refractivity contribution in [3.8, 4) is 17.2 Å². The first-order valence-corrected chi connectivity index (χ1v) is 13.1. The van der Waals surface area contributed by atoms with Gasteiger partial charge in [0, 0.05) is 25.1 Å². The van der Waals surface area contributed by atoms with E-state index in [0.717, 1.165) is 67.1 Å². The predicted molar refractivity (Wildman–Crippen MR) is 144 cm³/mol. The summed E-state index contributed by atoms with van der Waals surface area (Å²) in [7, 11) is 0. The van der Waals surface area contributed by atoms with Gasteiger partial charge in [-0.15, -0.1) is 0 Å². The molecule has 192 valence electrons. The van der Waals surface area contributed by atoms with E-state index in [9.17, 15) is 4.79 Å². The van der Waals surface area contributed by atoms with Gasteiger partial charge in [-0.1, -0.05) is 44.0 Å². The Balaban J connectivity index is 1.83. The number of rotatable bonds is 15. The Bertz CT molecular complexity index is 950. The lowest BCUT2D eigenvalue weighted by Gasteiger charge is -2.21. The molecule has 0 aliphatic rings. The van der Waals surface area contributed by atoms with Crippen molar-refractivity contribution in [3.05, 3.63) is 63.7 Å². The summed E-state index contributed by atoms with van der Waals surface area (Å²) in [6, 6.07) is 11.3. The Labute approximate surface area is 220 Å². The Morgan fingerprint density at radius 3 is 2.17 bits per heavy atom. The van der Waals surface area contributed by atoms with Gasteiger partial charge in [-0.3, -0.25) is 4.79 Å². The van der Waals surface area contributed by atoms with Gasteiger partial charge in [0.1, 0.15) is 28.3 Å². The molecule has 1 amide bonds. The maximum absolute atomic E-state index is 12.7. The topological polar surface area (TPSA) is 48.0 Å². The fraction of sp³-hybridized carbons (Fsp3) is 0.464. The van der Waals surface area contributed by atoms with Gasteiger partial charge in [0.25, 0.3) is 5.91 Å².